The summed E-state index contributed by atoms with van der Waals surface area (Å²) in [6.45, 7) is 0.740. The van der Waals surface area contributed by atoms with E-state index in [-0.39, 0.29) is 6.54 Å². The molecular formula is C13H12Br2N2O4. The molecule has 1 atom stereocenters. The zero-order chi connectivity index (χ0) is 15.8. The van der Waals surface area contributed by atoms with Gasteiger partial charge in [0, 0.05) is 26.0 Å². The van der Waals surface area contributed by atoms with Gasteiger partial charge in [-0.25, -0.2) is 4.79 Å². The number of carboxylic acids is 1. The lowest BCUT2D eigenvalue weighted by molar-refractivity contribution is -0.155. The number of aliphatic carboxylic acids is 1. The van der Waals surface area contributed by atoms with Crippen LogP contribution in [0.4, 0.5) is 0 Å². The van der Waals surface area contributed by atoms with Crippen molar-refractivity contribution in [2.45, 2.75) is 12.5 Å². The van der Waals surface area contributed by atoms with Gasteiger partial charge in [-0.15, -0.1) is 0 Å². The molecular weight excluding hydrogens is 408 g/mol. The average molecular weight is 420 g/mol. The lowest BCUT2D eigenvalue weighted by atomic mass is 10.1. The number of aromatic nitrogens is 1. The minimum Gasteiger partial charge on any atom is -0.479 e. The molecule has 2 rings (SSSR count). The zero-order valence-corrected chi connectivity index (χ0v) is 14.1. The predicted octanol–water partition coefficient (Wildman–Crippen LogP) is 2.26. The Morgan fingerprint density at radius 2 is 1.95 bits per heavy atom. The fraction of sp³-hybridized carbons (Fsp3) is 0.231. The Kier molecular flexibility index (Phi) is 4.40. The highest BCUT2D eigenvalue weighted by atomic mass is 79.9. The first-order valence-corrected chi connectivity index (χ1v) is 7.51. The van der Waals surface area contributed by atoms with E-state index in [1.54, 1.807) is 6.07 Å². The molecule has 0 fully saturated rings. The van der Waals surface area contributed by atoms with Gasteiger partial charge in [0.15, 0.2) is 5.60 Å². The Hall–Kier alpha value is -1.38. The number of hydrogen-bond acceptors (Lipinski definition) is 3. The number of carbonyl (C=O) groups is 2. The molecule has 0 saturated heterocycles. The van der Waals surface area contributed by atoms with Crippen LogP contribution in [0.3, 0.4) is 0 Å². The van der Waals surface area contributed by atoms with Crippen molar-refractivity contribution in [3.05, 3.63) is 32.8 Å². The van der Waals surface area contributed by atoms with Crippen LogP contribution >= 0.6 is 31.9 Å². The number of benzene rings is 1. The van der Waals surface area contributed by atoms with E-state index in [1.165, 1.54) is 6.20 Å². The van der Waals surface area contributed by atoms with Gasteiger partial charge in [-0.05, 0) is 50.9 Å². The zero-order valence-electron chi connectivity index (χ0n) is 10.9. The van der Waals surface area contributed by atoms with Crippen LogP contribution in [0.5, 0.6) is 0 Å². The van der Waals surface area contributed by atoms with Gasteiger partial charge < -0.3 is 20.5 Å². The van der Waals surface area contributed by atoms with Crippen molar-refractivity contribution in [3.8, 4) is 0 Å². The summed E-state index contributed by atoms with van der Waals surface area (Å²) in [5.41, 5.74) is -0.870. The van der Waals surface area contributed by atoms with Crippen molar-refractivity contribution in [3.63, 3.8) is 0 Å². The fourth-order valence-electron chi connectivity index (χ4n) is 1.73. The second kappa shape index (κ2) is 5.78. The Labute approximate surface area is 136 Å². The van der Waals surface area contributed by atoms with E-state index in [2.05, 4.69) is 42.2 Å². The molecule has 4 N–H and O–H groups in total. The molecule has 1 amide bonds. The molecule has 6 nitrogen and oxygen atoms in total. The van der Waals surface area contributed by atoms with Crippen LogP contribution in [0, 0.1) is 0 Å². The summed E-state index contributed by atoms with van der Waals surface area (Å²) in [4.78, 5) is 25.9. The number of carbonyl (C=O) groups excluding carboxylic acids is 1. The van der Waals surface area contributed by atoms with Gasteiger partial charge in [0.1, 0.15) is 0 Å². The van der Waals surface area contributed by atoms with Crippen LogP contribution in [0.25, 0.3) is 10.9 Å². The Morgan fingerprint density at radius 3 is 2.57 bits per heavy atom. The van der Waals surface area contributed by atoms with Gasteiger partial charge in [-0.2, -0.15) is 0 Å². The summed E-state index contributed by atoms with van der Waals surface area (Å²) in [5.74, 6) is -1.86. The number of nitrogens with one attached hydrogen (secondary N) is 2. The summed E-state index contributed by atoms with van der Waals surface area (Å²) in [5, 5.41) is 21.5. The molecule has 112 valence electrons. The number of amides is 1. The van der Waals surface area contributed by atoms with E-state index in [0.29, 0.717) is 10.9 Å². The summed E-state index contributed by atoms with van der Waals surface area (Å²) in [7, 11) is 0. The first-order chi connectivity index (χ1) is 9.72. The number of fused-ring (bicyclic) bond motifs is 1. The molecule has 1 heterocycles. The summed E-state index contributed by atoms with van der Waals surface area (Å²) < 4.78 is 1.64. The SMILES string of the molecule is CC(O)(CNC(=O)c1c[nH]c2cc(Br)c(Br)cc12)C(=O)O. The predicted molar refractivity (Wildman–Crippen MR) is 84.3 cm³/mol. The first-order valence-electron chi connectivity index (χ1n) is 5.92. The van der Waals surface area contributed by atoms with E-state index in [4.69, 9.17) is 5.11 Å². The van der Waals surface area contributed by atoms with Gasteiger partial charge in [0.25, 0.3) is 5.91 Å². The average Bonchev–Trinajstić information content (AvgIpc) is 2.79. The van der Waals surface area contributed by atoms with Gasteiger partial charge >= 0.3 is 5.97 Å². The van der Waals surface area contributed by atoms with E-state index in [9.17, 15) is 14.7 Å². The van der Waals surface area contributed by atoms with Gasteiger partial charge in [0.2, 0.25) is 0 Å². The van der Waals surface area contributed by atoms with Crippen LogP contribution in [0.1, 0.15) is 17.3 Å². The number of rotatable bonds is 4. The first kappa shape index (κ1) is 16.0. The topological polar surface area (TPSA) is 102 Å². The summed E-state index contributed by atoms with van der Waals surface area (Å²) >= 11 is 6.73. The number of hydrogen-bond donors (Lipinski definition) is 4. The minimum absolute atomic E-state index is 0.374. The standard InChI is InChI=1S/C13H12Br2N2O4/c1-13(21,12(19)20)5-17-11(18)7-4-16-10-3-9(15)8(14)2-6(7)10/h2-4,16,21H,5H2,1H3,(H,17,18)(H,19,20). The van der Waals surface area contributed by atoms with E-state index in [1.807, 2.05) is 6.07 Å². The molecule has 0 saturated carbocycles. The number of aliphatic hydroxyl groups is 1. The number of carboxylic acid groups (broad SMARTS) is 1. The third kappa shape index (κ3) is 3.28. The molecule has 21 heavy (non-hydrogen) atoms. The molecule has 0 spiro atoms. The van der Waals surface area contributed by atoms with Gasteiger partial charge in [-0.1, -0.05) is 0 Å². The Balaban J connectivity index is 2.24. The van der Waals surface area contributed by atoms with E-state index >= 15 is 0 Å². The van der Waals surface area contributed by atoms with E-state index < -0.39 is 17.5 Å². The molecule has 1 aromatic heterocycles. The van der Waals surface area contributed by atoms with Crippen molar-refractivity contribution in [2.75, 3.05) is 6.54 Å². The molecule has 1 aromatic carbocycles. The second-order valence-corrected chi connectivity index (χ2v) is 6.48. The molecule has 1 unspecified atom stereocenters. The van der Waals surface area contributed by atoms with Crippen LogP contribution < -0.4 is 5.32 Å². The van der Waals surface area contributed by atoms with Crippen LogP contribution in [-0.4, -0.2) is 39.2 Å². The van der Waals surface area contributed by atoms with Crippen LogP contribution in [0.15, 0.2) is 27.3 Å². The molecule has 0 aliphatic rings. The highest BCUT2D eigenvalue weighted by Gasteiger charge is 2.30. The monoisotopic (exact) mass is 418 g/mol. The fourth-order valence-corrected chi connectivity index (χ4v) is 2.41. The normalized spacial score (nSPS) is 13.9. The molecule has 0 aliphatic carbocycles. The maximum absolute atomic E-state index is 12.1. The maximum atomic E-state index is 12.1. The summed E-state index contributed by atoms with van der Waals surface area (Å²) in [6, 6.07) is 3.60. The van der Waals surface area contributed by atoms with Gasteiger partial charge in [-0.3, -0.25) is 4.79 Å². The summed E-state index contributed by atoms with van der Waals surface area (Å²) in [6.07, 6.45) is 1.54. The smallest absolute Gasteiger partial charge is 0.337 e. The van der Waals surface area contributed by atoms with E-state index in [0.717, 1.165) is 21.4 Å². The number of aromatic amines is 1. The number of H-pyrrole nitrogens is 1. The quantitative estimate of drug-likeness (QED) is 0.610. The van der Waals surface area contributed by atoms with Crippen molar-refractivity contribution in [1.29, 1.82) is 0 Å². The highest BCUT2D eigenvalue weighted by molar-refractivity contribution is 9.13. The molecule has 0 radical (unpaired) electrons. The molecule has 2 aromatic rings. The highest BCUT2D eigenvalue weighted by Crippen LogP contribution is 2.30. The van der Waals surface area contributed by atoms with Crippen LogP contribution in [-0.2, 0) is 4.79 Å². The van der Waals surface area contributed by atoms with Crippen molar-refractivity contribution >= 4 is 54.6 Å². The van der Waals surface area contributed by atoms with Gasteiger partial charge in [0.05, 0.1) is 12.1 Å². The van der Waals surface area contributed by atoms with Crippen molar-refractivity contribution in [1.82, 2.24) is 10.3 Å². The lowest BCUT2D eigenvalue weighted by Gasteiger charge is -2.18. The molecule has 8 heteroatoms. The van der Waals surface area contributed by atoms with Crippen LogP contribution in [0.2, 0.25) is 0 Å². The molecule has 0 bridgehead atoms. The number of halogens is 2. The second-order valence-electron chi connectivity index (χ2n) is 4.78. The maximum Gasteiger partial charge on any atom is 0.337 e. The Morgan fingerprint density at radius 1 is 1.33 bits per heavy atom. The minimum atomic E-state index is -2.01. The molecule has 0 aliphatic heterocycles. The third-order valence-electron chi connectivity index (χ3n) is 3.02. The largest absolute Gasteiger partial charge is 0.479 e. The Bertz CT molecular complexity index is 724. The lowest BCUT2D eigenvalue weighted by Crippen LogP contribution is -2.46. The third-order valence-corrected chi connectivity index (χ3v) is 4.87. The van der Waals surface area contributed by atoms with Crippen molar-refractivity contribution in [2.24, 2.45) is 0 Å². The van der Waals surface area contributed by atoms with Crippen molar-refractivity contribution < 1.29 is 19.8 Å².